The molecule has 80 valence electrons. The molecule has 0 aromatic heterocycles. The van der Waals surface area contributed by atoms with Crippen molar-refractivity contribution in [3.8, 4) is 6.07 Å². The molecule has 2 heteroatoms. The topological polar surface area (TPSA) is 35.8 Å². The molecular weight excluding hydrogens is 184 g/mol. The summed E-state index contributed by atoms with van der Waals surface area (Å²) in [6.07, 6.45) is 0.534. The number of nitrogens with zero attached hydrogens (tertiary/aromatic N) is 1. The van der Waals surface area contributed by atoms with Gasteiger partial charge >= 0.3 is 0 Å². The van der Waals surface area contributed by atoms with E-state index in [9.17, 15) is 0 Å². The van der Waals surface area contributed by atoms with Gasteiger partial charge in [0.25, 0.3) is 0 Å². The predicted molar refractivity (Wildman–Crippen MR) is 63.8 cm³/mol. The summed E-state index contributed by atoms with van der Waals surface area (Å²) in [5, 5.41) is 11.8. The van der Waals surface area contributed by atoms with Crippen LogP contribution in [0.25, 0.3) is 0 Å². The maximum absolute atomic E-state index is 8.54. The molecule has 0 radical (unpaired) electrons. The number of hydrogen-bond acceptors (Lipinski definition) is 2. The molecule has 1 aromatic carbocycles. The van der Waals surface area contributed by atoms with Gasteiger partial charge < -0.3 is 5.32 Å². The Morgan fingerprint density at radius 2 is 1.80 bits per heavy atom. The summed E-state index contributed by atoms with van der Waals surface area (Å²) in [5.74, 6) is 0.565. The lowest BCUT2D eigenvalue weighted by Gasteiger charge is -2.13. The number of anilines is 1. The fourth-order valence-electron chi connectivity index (χ4n) is 1.44. The first-order valence-electron chi connectivity index (χ1n) is 5.37. The second-order valence-electron chi connectivity index (χ2n) is 4.18. The van der Waals surface area contributed by atoms with Crippen molar-refractivity contribution in [2.24, 2.45) is 0 Å². The Hall–Kier alpha value is -1.49. The molecule has 0 amide bonds. The molecular formula is C13H18N2. The van der Waals surface area contributed by atoms with Crippen LogP contribution in [0.3, 0.4) is 0 Å². The van der Waals surface area contributed by atoms with Gasteiger partial charge in [0.1, 0.15) is 0 Å². The third kappa shape index (κ3) is 3.63. The van der Waals surface area contributed by atoms with E-state index in [1.807, 2.05) is 6.92 Å². The minimum Gasteiger partial charge on any atom is -0.382 e. The van der Waals surface area contributed by atoms with Crippen LogP contribution in [0, 0.1) is 11.3 Å². The normalized spacial score (nSPS) is 12.2. The maximum atomic E-state index is 8.54. The summed E-state index contributed by atoms with van der Waals surface area (Å²) in [5.41, 5.74) is 2.43. The SMILES string of the molecule is CC(CC#N)Nc1ccc(C(C)C)cc1. The van der Waals surface area contributed by atoms with Crippen LogP contribution in [0.4, 0.5) is 5.69 Å². The third-order valence-corrected chi connectivity index (χ3v) is 2.39. The molecule has 0 aliphatic rings. The summed E-state index contributed by atoms with van der Waals surface area (Å²) in [6.45, 7) is 6.38. The fraction of sp³-hybridized carbons (Fsp3) is 0.462. The maximum Gasteiger partial charge on any atom is 0.0643 e. The van der Waals surface area contributed by atoms with E-state index in [4.69, 9.17) is 5.26 Å². The van der Waals surface area contributed by atoms with Crippen molar-refractivity contribution in [3.63, 3.8) is 0 Å². The van der Waals surface area contributed by atoms with Crippen molar-refractivity contribution in [3.05, 3.63) is 29.8 Å². The Labute approximate surface area is 91.9 Å². The molecule has 0 aliphatic heterocycles. The second-order valence-corrected chi connectivity index (χ2v) is 4.18. The number of rotatable bonds is 4. The van der Waals surface area contributed by atoms with E-state index < -0.39 is 0 Å². The largest absolute Gasteiger partial charge is 0.382 e. The molecule has 0 spiro atoms. The van der Waals surface area contributed by atoms with Gasteiger partial charge in [0.05, 0.1) is 12.5 Å². The van der Waals surface area contributed by atoms with E-state index in [0.29, 0.717) is 12.3 Å². The highest BCUT2D eigenvalue weighted by atomic mass is 14.9. The molecule has 0 saturated carbocycles. The Kier molecular flexibility index (Phi) is 4.17. The molecule has 0 saturated heterocycles. The van der Waals surface area contributed by atoms with Crippen LogP contribution < -0.4 is 5.32 Å². The first kappa shape index (κ1) is 11.6. The molecule has 1 aromatic rings. The Morgan fingerprint density at radius 3 is 2.27 bits per heavy atom. The molecule has 1 atom stereocenters. The summed E-state index contributed by atoms with van der Waals surface area (Å²) < 4.78 is 0. The zero-order valence-corrected chi connectivity index (χ0v) is 9.62. The van der Waals surface area contributed by atoms with Crippen molar-refractivity contribution in [2.75, 3.05) is 5.32 Å². The standard InChI is InChI=1S/C13H18N2/c1-10(2)12-4-6-13(7-5-12)15-11(3)8-9-14/h4-7,10-11,15H,8H2,1-3H3. The van der Waals surface area contributed by atoms with Crippen molar-refractivity contribution in [2.45, 2.75) is 39.2 Å². The highest BCUT2D eigenvalue weighted by molar-refractivity contribution is 5.45. The first-order valence-corrected chi connectivity index (χ1v) is 5.37. The number of nitrogens with one attached hydrogen (secondary N) is 1. The van der Waals surface area contributed by atoms with Gasteiger partial charge in [-0.15, -0.1) is 0 Å². The highest BCUT2D eigenvalue weighted by Gasteiger charge is 2.02. The average molecular weight is 202 g/mol. The Morgan fingerprint density at radius 1 is 1.20 bits per heavy atom. The van der Waals surface area contributed by atoms with Gasteiger partial charge in [-0.25, -0.2) is 0 Å². The Bertz CT molecular complexity index is 333. The van der Waals surface area contributed by atoms with Gasteiger partial charge in [0.15, 0.2) is 0 Å². The van der Waals surface area contributed by atoms with Crippen molar-refractivity contribution in [1.29, 1.82) is 5.26 Å². The van der Waals surface area contributed by atoms with Gasteiger partial charge in [-0.3, -0.25) is 0 Å². The summed E-state index contributed by atoms with van der Waals surface area (Å²) in [6, 6.07) is 10.8. The third-order valence-electron chi connectivity index (χ3n) is 2.39. The van der Waals surface area contributed by atoms with Crippen molar-refractivity contribution in [1.82, 2.24) is 0 Å². The van der Waals surface area contributed by atoms with Crippen molar-refractivity contribution >= 4 is 5.69 Å². The van der Waals surface area contributed by atoms with E-state index in [2.05, 4.69) is 49.5 Å². The monoisotopic (exact) mass is 202 g/mol. The van der Waals surface area contributed by atoms with Gasteiger partial charge in [-0.1, -0.05) is 26.0 Å². The zero-order valence-electron chi connectivity index (χ0n) is 9.62. The van der Waals surface area contributed by atoms with Crippen molar-refractivity contribution < 1.29 is 0 Å². The molecule has 0 bridgehead atoms. The second kappa shape index (κ2) is 5.41. The van der Waals surface area contributed by atoms with Crippen LogP contribution in [-0.2, 0) is 0 Å². The molecule has 1 rings (SSSR count). The molecule has 0 heterocycles. The van der Waals surface area contributed by atoms with E-state index in [0.717, 1.165) is 5.69 Å². The molecule has 1 unspecified atom stereocenters. The number of benzene rings is 1. The van der Waals surface area contributed by atoms with E-state index >= 15 is 0 Å². The van der Waals surface area contributed by atoms with Crippen LogP contribution in [0.2, 0.25) is 0 Å². The Balaban J connectivity index is 2.61. The quantitative estimate of drug-likeness (QED) is 0.810. The van der Waals surface area contributed by atoms with Crippen LogP contribution >= 0.6 is 0 Å². The molecule has 0 fully saturated rings. The lowest BCUT2D eigenvalue weighted by Crippen LogP contribution is -2.13. The summed E-state index contributed by atoms with van der Waals surface area (Å²) in [7, 11) is 0. The van der Waals surface area contributed by atoms with Gasteiger partial charge in [-0.05, 0) is 30.5 Å². The minimum absolute atomic E-state index is 0.208. The zero-order chi connectivity index (χ0) is 11.3. The van der Waals surface area contributed by atoms with Crippen LogP contribution in [-0.4, -0.2) is 6.04 Å². The van der Waals surface area contributed by atoms with Crippen LogP contribution in [0.1, 0.15) is 38.7 Å². The van der Waals surface area contributed by atoms with E-state index in [1.165, 1.54) is 5.56 Å². The van der Waals surface area contributed by atoms with Crippen LogP contribution in [0.5, 0.6) is 0 Å². The summed E-state index contributed by atoms with van der Waals surface area (Å²) >= 11 is 0. The molecule has 15 heavy (non-hydrogen) atoms. The van der Waals surface area contributed by atoms with Crippen LogP contribution in [0.15, 0.2) is 24.3 Å². The number of hydrogen-bond donors (Lipinski definition) is 1. The molecule has 0 aliphatic carbocycles. The minimum atomic E-state index is 0.208. The van der Waals surface area contributed by atoms with E-state index in [1.54, 1.807) is 0 Å². The molecule has 1 N–H and O–H groups in total. The van der Waals surface area contributed by atoms with Gasteiger partial charge in [0.2, 0.25) is 0 Å². The van der Waals surface area contributed by atoms with Gasteiger partial charge in [-0.2, -0.15) is 5.26 Å². The smallest absolute Gasteiger partial charge is 0.0643 e. The number of nitriles is 1. The first-order chi connectivity index (χ1) is 7.13. The molecule has 2 nitrogen and oxygen atoms in total. The highest BCUT2D eigenvalue weighted by Crippen LogP contribution is 2.17. The lowest BCUT2D eigenvalue weighted by molar-refractivity contribution is 0.820. The van der Waals surface area contributed by atoms with E-state index in [-0.39, 0.29) is 6.04 Å². The van der Waals surface area contributed by atoms with Gasteiger partial charge in [0, 0.05) is 11.7 Å². The lowest BCUT2D eigenvalue weighted by atomic mass is 10.0. The average Bonchev–Trinajstić information content (AvgIpc) is 2.18. The fourth-order valence-corrected chi connectivity index (χ4v) is 1.44. The predicted octanol–water partition coefficient (Wildman–Crippen LogP) is 3.52. The summed E-state index contributed by atoms with van der Waals surface area (Å²) in [4.78, 5) is 0.